The Morgan fingerprint density at radius 3 is 2.11 bits per heavy atom. The van der Waals surface area contributed by atoms with Crippen LogP contribution in [-0.2, 0) is 0 Å². The SMILES string of the molecule is COc1cc(OC)c(NC2CCCC2N)c(OC)c1. The zero-order valence-corrected chi connectivity index (χ0v) is 11.7. The van der Waals surface area contributed by atoms with Crippen molar-refractivity contribution in [2.75, 3.05) is 26.6 Å². The molecule has 2 rings (SSSR count). The first-order valence-corrected chi connectivity index (χ1v) is 6.51. The monoisotopic (exact) mass is 266 g/mol. The lowest BCUT2D eigenvalue weighted by Gasteiger charge is -2.22. The maximum absolute atomic E-state index is 6.10. The van der Waals surface area contributed by atoms with Crippen LogP contribution in [0.1, 0.15) is 19.3 Å². The van der Waals surface area contributed by atoms with Gasteiger partial charge < -0.3 is 25.3 Å². The van der Waals surface area contributed by atoms with Crippen LogP contribution in [0.2, 0.25) is 0 Å². The van der Waals surface area contributed by atoms with E-state index in [2.05, 4.69) is 5.32 Å². The predicted octanol–water partition coefficient (Wildman–Crippen LogP) is 2.00. The molecule has 0 saturated heterocycles. The van der Waals surface area contributed by atoms with Crippen LogP contribution < -0.4 is 25.3 Å². The summed E-state index contributed by atoms with van der Waals surface area (Å²) in [6, 6.07) is 4.11. The van der Waals surface area contributed by atoms with Crippen molar-refractivity contribution in [3.05, 3.63) is 12.1 Å². The lowest BCUT2D eigenvalue weighted by Crippen LogP contribution is -2.35. The fourth-order valence-electron chi connectivity index (χ4n) is 2.50. The smallest absolute Gasteiger partial charge is 0.149 e. The minimum Gasteiger partial charge on any atom is -0.496 e. The zero-order chi connectivity index (χ0) is 13.8. The van der Waals surface area contributed by atoms with Gasteiger partial charge in [-0.1, -0.05) is 0 Å². The number of nitrogens with one attached hydrogen (secondary N) is 1. The van der Waals surface area contributed by atoms with E-state index in [-0.39, 0.29) is 12.1 Å². The second-order valence-electron chi connectivity index (χ2n) is 4.75. The van der Waals surface area contributed by atoms with Gasteiger partial charge in [0.25, 0.3) is 0 Å². The summed E-state index contributed by atoms with van der Waals surface area (Å²) in [5.41, 5.74) is 6.94. The number of nitrogens with two attached hydrogens (primary N) is 1. The standard InChI is InChI=1S/C14H22N2O3/c1-17-9-7-12(18-2)14(13(8-9)19-3)16-11-6-4-5-10(11)15/h7-8,10-11,16H,4-6,15H2,1-3H3. The molecule has 0 spiro atoms. The molecule has 0 amide bonds. The lowest BCUT2D eigenvalue weighted by atomic mass is 10.1. The van der Waals surface area contributed by atoms with Crippen LogP contribution >= 0.6 is 0 Å². The summed E-state index contributed by atoms with van der Waals surface area (Å²) in [4.78, 5) is 0. The maximum atomic E-state index is 6.10. The molecule has 1 aliphatic carbocycles. The molecule has 0 aliphatic heterocycles. The summed E-state index contributed by atoms with van der Waals surface area (Å²) in [5, 5.41) is 3.45. The van der Waals surface area contributed by atoms with Gasteiger partial charge in [0.15, 0.2) is 0 Å². The Bertz CT molecular complexity index is 412. The first-order chi connectivity index (χ1) is 9.19. The van der Waals surface area contributed by atoms with E-state index in [0.29, 0.717) is 17.2 Å². The second-order valence-corrected chi connectivity index (χ2v) is 4.75. The third-order valence-corrected chi connectivity index (χ3v) is 3.61. The van der Waals surface area contributed by atoms with E-state index >= 15 is 0 Å². The fourth-order valence-corrected chi connectivity index (χ4v) is 2.50. The molecule has 1 saturated carbocycles. The highest BCUT2D eigenvalue weighted by molar-refractivity contribution is 5.69. The lowest BCUT2D eigenvalue weighted by molar-refractivity contribution is 0.377. The molecule has 106 valence electrons. The van der Waals surface area contributed by atoms with E-state index in [1.54, 1.807) is 21.3 Å². The molecule has 3 N–H and O–H groups in total. The molecule has 0 bridgehead atoms. The van der Waals surface area contributed by atoms with Crippen molar-refractivity contribution in [3.8, 4) is 17.2 Å². The molecule has 2 unspecified atom stereocenters. The highest BCUT2D eigenvalue weighted by Gasteiger charge is 2.26. The summed E-state index contributed by atoms with van der Waals surface area (Å²) in [6.45, 7) is 0. The third kappa shape index (κ3) is 2.87. The van der Waals surface area contributed by atoms with Gasteiger partial charge in [-0.15, -0.1) is 0 Å². The van der Waals surface area contributed by atoms with Crippen molar-refractivity contribution in [1.82, 2.24) is 0 Å². The Balaban J connectivity index is 2.31. The molecule has 0 radical (unpaired) electrons. The van der Waals surface area contributed by atoms with Gasteiger partial charge in [0.1, 0.15) is 22.9 Å². The first kappa shape index (κ1) is 13.8. The van der Waals surface area contributed by atoms with Crippen LogP contribution in [0.3, 0.4) is 0 Å². The predicted molar refractivity (Wildman–Crippen MR) is 75.3 cm³/mol. The van der Waals surface area contributed by atoms with E-state index in [1.807, 2.05) is 12.1 Å². The van der Waals surface area contributed by atoms with Crippen molar-refractivity contribution in [3.63, 3.8) is 0 Å². The Morgan fingerprint density at radius 1 is 1.05 bits per heavy atom. The molecule has 1 aliphatic rings. The summed E-state index contributed by atoms with van der Waals surface area (Å²) >= 11 is 0. The van der Waals surface area contributed by atoms with Gasteiger partial charge in [0.2, 0.25) is 0 Å². The molecule has 1 fully saturated rings. The highest BCUT2D eigenvalue weighted by Crippen LogP contribution is 2.40. The second kappa shape index (κ2) is 6.02. The molecule has 5 nitrogen and oxygen atoms in total. The highest BCUT2D eigenvalue weighted by atomic mass is 16.5. The summed E-state index contributed by atoms with van der Waals surface area (Å²) in [7, 11) is 4.89. The van der Waals surface area contributed by atoms with Crippen LogP contribution in [0.4, 0.5) is 5.69 Å². The van der Waals surface area contributed by atoms with Crippen molar-refractivity contribution in [1.29, 1.82) is 0 Å². The van der Waals surface area contributed by atoms with Crippen molar-refractivity contribution in [2.24, 2.45) is 5.73 Å². The average molecular weight is 266 g/mol. The van der Waals surface area contributed by atoms with E-state index in [1.165, 1.54) is 0 Å². The number of methoxy groups -OCH3 is 3. The molecule has 5 heteroatoms. The van der Waals surface area contributed by atoms with Gasteiger partial charge in [-0.05, 0) is 19.3 Å². The number of ether oxygens (including phenoxy) is 3. The molecular weight excluding hydrogens is 244 g/mol. The van der Waals surface area contributed by atoms with Gasteiger partial charge >= 0.3 is 0 Å². The number of rotatable bonds is 5. The number of hydrogen-bond acceptors (Lipinski definition) is 5. The minimum absolute atomic E-state index is 0.177. The number of benzene rings is 1. The van der Waals surface area contributed by atoms with Crippen molar-refractivity contribution < 1.29 is 14.2 Å². The van der Waals surface area contributed by atoms with E-state index in [9.17, 15) is 0 Å². The minimum atomic E-state index is 0.177. The molecule has 0 aromatic heterocycles. The number of anilines is 1. The molecule has 19 heavy (non-hydrogen) atoms. The molecular formula is C14H22N2O3. The normalized spacial score (nSPS) is 22.1. The van der Waals surface area contributed by atoms with Gasteiger partial charge in [-0.2, -0.15) is 0 Å². The quantitative estimate of drug-likeness (QED) is 0.853. The fraction of sp³-hybridized carbons (Fsp3) is 0.571. The van der Waals surface area contributed by atoms with Gasteiger partial charge in [-0.25, -0.2) is 0 Å². The first-order valence-electron chi connectivity index (χ1n) is 6.51. The van der Waals surface area contributed by atoms with E-state index < -0.39 is 0 Å². The van der Waals surface area contributed by atoms with Crippen LogP contribution in [0, 0.1) is 0 Å². The molecule has 2 atom stereocenters. The van der Waals surface area contributed by atoms with Crippen LogP contribution in [-0.4, -0.2) is 33.4 Å². The van der Waals surface area contributed by atoms with Gasteiger partial charge in [0, 0.05) is 24.2 Å². The van der Waals surface area contributed by atoms with Crippen LogP contribution in [0.15, 0.2) is 12.1 Å². The summed E-state index contributed by atoms with van der Waals surface area (Å²) in [6.07, 6.45) is 3.28. The van der Waals surface area contributed by atoms with Crippen LogP contribution in [0.5, 0.6) is 17.2 Å². The third-order valence-electron chi connectivity index (χ3n) is 3.61. The summed E-state index contributed by atoms with van der Waals surface area (Å²) < 4.78 is 16.1. The number of hydrogen-bond donors (Lipinski definition) is 2. The Kier molecular flexibility index (Phi) is 4.37. The van der Waals surface area contributed by atoms with Crippen molar-refractivity contribution in [2.45, 2.75) is 31.3 Å². The average Bonchev–Trinajstić information content (AvgIpc) is 2.84. The topological polar surface area (TPSA) is 65.7 Å². The van der Waals surface area contributed by atoms with E-state index in [0.717, 1.165) is 24.9 Å². The molecule has 1 aromatic rings. The Morgan fingerprint density at radius 2 is 1.68 bits per heavy atom. The van der Waals surface area contributed by atoms with Crippen LogP contribution in [0.25, 0.3) is 0 Å². The largest absolute Gasteiger partial charge is 0.496 e. The Hall–Kier alpha value is -1.62. The van der Waals surface area contributed by atoms with Gasteiger partial charge in [0.05, 0.1) is 21.3 Å². The molecule has 0 heterocycles. The Labute approximate surface area is 114 Å². The molecule has 1 aromatic carbocycles. The summed E-state index contributed by atoms with van der Waals surface area (Å²) in [5.74, 6) is 2.11. The van der Waals surface area contributed by atoms with E-state index in [4.69, 9.17) is 19.9 Å². The van der Waals surface area contributed by atoms with Gasteiger partial charge in [-0.3, -0.25) is 0 Å². The maximum Gasteiger partial charge on any atom is 0.149 e. The van der Waals surface area contributed by atoms with Crippen molar-refractivity contribution >= 4 is 5.69 Å². The zero-order valence-electron chi connectivity index (χ0n) is 11.7.